The summed E-state index contributed by atoms with van der Waals surface area (Å²) in [4.78, 5) is 12.0. The van der Waals surface area contributed by atoms with Crippen LogP contribution in [0, 0.1) is 6.92 Å². The lowest BCUT2D eigenvalue weighted by molar-refractivity contribution is 0.0956. The number of nitrogens with one attached hydrogen (secondary N) is 1. The van der Waals surface area contributed by atoms with Gasteiger partial charge in [0.1, 0.15) is 0 Å². The molecule has 2 aromatic carbocycles. The Hall–Kier alpha value is -2.34. The van der Waals surface area contributed by atoms with Gasteiger partial charge in [0.2, 0.25) is 10.0 Å². The monoisotopic (exact) mass is 344 g/mol. The third kappa shape index (κ3) is 3.43. The Labute approximate surface area is 142 Å². The minimum atomic E-state index is -3.44. The van der Waals surface area contributed by atoms with Crippen LogP contribution >= 0.6 is 0 Å². The molecular formula is C18H20N2O3S. The SMILES string of the molecule is Cc1ccc(C(=O)NCCS(=O)(=O)N2CCc3ccccc32)cc1. The van der Waals surface area contributed by atoms with Gasteiger partial charge in [0.15, 0.2) is 0 Å². The summed E-state index contributed by atoms with van der Waals surface area (Å²) in [6, 6.07) is 14.7. The lowest BCUT2D eigenvalue weighted by atomic mass is 10.1. The van der Waals surface area contributed by atoms with E-state index in [9.17, 15) is 13.2 Å². The molecule has 5 nitrogen and oxygen atoms in total. The average Bonchev–Trinajstić information content (AvgIpc) is 3.00. The Morgan fingerprint density at radius 1 is 1.12 bits per heavy atom. The Balaban J connectivity index is 1.60. The number of carbonyl (C=O) groups is 1. The smallest absolute Gasteiger partial charge is 0.251 e. The van der Waals surface area contributed by atoms with Gasteiger partial charge in [-0.3, -0.25) is 9.10 Å². The van der Waals surface area contributed by atoms with Crippen molar-refractivity contribution in [3.05, 3.63) is 65.2 Å². The van der Waals surface area contributed by atoms with E-state index in [1.165, 1.54) is 4.31 Å². The van der Waals surface area contributed by atoms with Gasteiger partial charge in [-0.25, -0.2) is 8.42 Å². The van der Waals surface area contributed by atoms with E-state index in [0.29, 0.717) is 12.1 Å². The Morgan fingerprint density at radius 2 is 1.83 bits per heavy atom. The molecule has 6 heteroatoms. The zero-order valence-corrected chi connectivity index (χ0v) is 14.3. The number of fused-ring (bicyclic) bond motifs is 1. The molecule has 0 radical (unpaired) electrons. The zero-order chi connectivity index (χ0) is 17.2. The maximum Gasteiger partial charge on any atom is 0.251 e. The first-order valence-electron chi connectivity index (χ1n) is 7.90. The number of rotatable bonds is 5. The highest BCUT2D eigenvalue weighted by Gasteiger charge is 2.28. The number of carbonyl (C=O) groups excluding carboxylic acids is 1. The predicted octanol–water partition coefficient (Wildman–Crippen LogP) is 2.12. The molecule has 1 N–H and O–H groups in total. The van der Waals surface area contributed by atoms with Crippen molar-refractivity contribution in [3.63, 3.8) is 0 Å². The fraction of sp³-hybridized carbons (Fsp3) is 0.278. The van der Waals surface area contributed by atoms with Crippen molar-refractivity contribution in [2.24, 2.45) is 0 Å². The summed E-state index contributed by atoms with van der Waals surface area (Å²) in [6.07, 6.45) is 0.727. The predicted molar refractivity (Wildman–Crippen MR) is 94.8 cm³/mol. The van der Waals surface area contributed by atoms with E-state index in [2.05, 4.69) is 5.32 Å². The summed E-state index contributed by atoms with van der Waals surface area (Å²) >= 11 is 0. The molecule has 2 aromatic rings. The number of para-hydroxylation sites is 1. The molecule has 1 heterocycles. The molecule has 3 rings (SSSR count). The number of anilines is 1. The summed E-state index contributed by atoms with van der Waals surface area (Å²) < 4.78 is 26.5. The van der Waals surface area contributed by atoms with Crippen LogP contribution in [0.25, 0.3) is 0 Å². The van der Waals surface area contributed by atoms with Crippen molar-refractivity contribution in [3.8, 4) is 0 Å². The van der Waals surface area contributed by atoms with Gasteiger partial charge in [-0.2, -0.15) is 0 Å². The Kier molecular flexibility index (Phi) is 4.57. The molecule has 0 saturated carbocycles. The molecule has 0 saturated heterocycles. The highest BCUT2D eigenvalue weighted by atomic mass is 32.2. The molecular weight excluding hydrogens is 324 g/mol. The number of hydrogen-bond donors (Lipinski definition) is 1. The number of amides is 1. The van der Waals surface area contributed by atoms with Gasteiger partial charge in [0.25, 0.3) is 5.91 Å². The quantitative estimate of drug-likeness (QED) is 0.903. The van der Waals surface area contributed by atoms with Gasteiger partial charge >= 0.3 is 0 Å². The maximum atomic E-state index is 12.5. The molecule has 0 unspecified atom stereocenters. The van der Waals surface area contributed by atoms with Crippen LogP contribution in [0.5, 0.6) is 0 Å². The number of sulfonamides is 1. The summed E-state index contributed by atoms with van der Waals surface area (Å²) in [5.74, 6) is -0.370. The fourth-order valence-electron chi connectivity index (χ4n) is 2.81. The zero-order valence-electron chi connectivity index (χ0n) is 13.5. The van der Waals surface area contributed by atoms with E-state index in [0.717, 1.165) is 23.2 Å². The average molecular weight is 344 g/mol. The van der Waals surface area contributed by atoms with Crippen LogP contribution in [0.2, 0.25) is 0 Å². The summed E-state index contributed by atoms with van der Waals surface area (Å²) in [7, 11) is -3.44. The summed E-state index contributed by atoms with van der Waals surface area (Å²) in [5, 5.41) is 2.68. The van der Waals surface area contributed by atoms with Crippen LogP contribution in [0.3, 0.4) is 0 Å². The van der Waals surface area contributed by atoms with Gasteiger partial charge in [0.05, 0.1) is 11.4 Å². The van der Waals surface area contributed by atoms with Gasteiger partial charge in [-0.05, 0) is 37.1 Å². The van der Waals surface area contributed by atoms with E-state index >= 15 is 0 Å². The largest absolute Gasteiger partial charge is 0.351 e. The number of benzene rings is 2. The van der Waals surface area contributed by atoms with E-state index < -0.39 is 10.0 Å². The molecule has 1 aliphatic heterocycles. The van der Waals surface area contributed by atoms with Gasteiger partial charge in [-0.1, -0.05) is 35.9 Å². The molecule has 0 aliphatic carbocycles. The molecule has 0 atom stereocenters. The van der Waals surface area contributed by atoms with E-state index in [-0.39, 0.29) is 18.2 Å². The molecule has 1 aliphatic rings. The number of nitrogens with zero attached hydrogens (tertiary/aromatic N) is 1. The normalized spacial score (nSPS) is 13.6. The van der Waals surface area contributed by atoms with Crippen LogP contribution in [-0.4, -0.2) is 33.2 Å². The van der Waals surface area contributed by atoms with Crippen LogP contribution in [0.15, 0.2) is 48.5 Å². The first-order valence-corrected chi connectivity index (χ1v) is 9.51. The van der Waals surface area contributed by atoms with Crippen molar-refractivity contribution >= 4 is 21.6 Å². The third-order valence-electron chi connectivity index (χ3n) is 4.14. The minimum Gasteiger partial charge on any atom is -0.351 e. The van der Waals surface area contributed by atoms with Crippen LogP contribution in [0.1, 0.15) is 21.5 Å². The van der Waals surface area contributed by atoms with Crippen LogP contribution < -0.4 is 9.62 Å². The van der Waals surface area contributed by atoms with Crippen molar-refractivity contribution in [1.82, 2.24) is 5.32 Å². The number of hydrogen-bond acceptors (Lipinski definition) is 3. The second-order valence-electron chi connectivity index (χ2n) is 5.89. The first kappa shape index (κ1) is 16.5. The van der Waals surface area contributed by atoms with Gasteiger partial charge < -0.3 is 5.32 Å². The first-order chi connectivity index (χ1) is 11.5. The molecule has 1 amide bonds. The molecule has 0 aromatic heterocycles. The second kappa shape index (κ2) is 6.65. The molecule has 24 heavy (non-hydrogen) atoms. The fourth-order valence-corrected chi connectivity index (χ4v) is 4.24. The summed E-state index contributed by atoms with van der Waals surface area (Å²) in [6.45, 7) is 2.50. The van der Waals surface area contributed by atoms with E-state index in [1.807, 2.05) is 43.3 Å². The highest BCUT2D eigenvalue weighted by Crippen LogP contribution is 2.29. The van der Waals surface area contributed by atoms with Crippen LogP contribution in [-0.2, 0) is 16.4 Å². The van der Waals surface area contributed by atoms with Crippen molar-refractivity contribution in [1.29, 1.82) is 0 Å². The Morgan fingerprint density at radius 3 is 2.58 bits per heavy atom. The highest BCUT2D eigenvalue weighted by molar-refractivity contribution is 7.92. The topological polar surface area (TPSA) is 66.5 Å². The van der Waals surface area contributed by atoms with Crippen molar-refractivity contribution in [2.45, 2.75) is 13.3 Å². The lowest BCUT2D eigenvalue weighted by Crippen LogP contribution is -2.36. The molecule has 126 valence electrons. The standard InChI is InChI=1S/C18H20N2O3S/c1-14-6-8-16(9-7-14)18(21)19-11-13-24(22,23)20-12-10-15-4-2-3-5-17(15)20/h2-9H,10-13H2,1H3,(H,19,21). The second-order valence-corrected chi connectivity index (χ2v) is 7.90. The number of aryl methyl sites for hydroxylation is 1. The maximum absolute atomic E-state index is 12.5. The van der Waals surface area contributed by atoms with Gasteiger partial charge in [0, 0.05) is 18.7 Å². The molecule has 0 bridgehead atoms. The Bertz CT molecular complexity index is 845. The molecule has 0 fully saturated rings. The molecule has 0 spiro atoms. The van der Waals surface area contributed by atoms with E-state index in [1.54, 1.807) is 12.1 Å². The van der Waals surface area contributed by atoms with Crippen molar-refractivity contribution < 1.29 is 13.2 Å². The van der Waals surface area contributed by atoms with Crippen LogP contribution in [0.4, 0.5) is 5.69 Å². The third-order valence-corrected chi connectivity index (χ3v) is 5.91. The van der Waals surface area contributed by atoms with Gasteiger partial charge in [-0.15, -0.1) is 0 Å². The lowest BCUT2D eigenvalue weighted by Gasteiger charge is -2.19. The van der Waals surface area contributed by atoms with E-state index in [4.69, 9.17) is 0 Å². The van der Waals surface area contributed by atoms with Crippen molar-refractivity contribution in [2.75, 3.05) is 23.1 Å². The summed E-state index contributed by atoms with van der Waals surface area (Å²) in [5.41, 5.74) is 3.40. The minimum absolute atomic E-state index is 0.0910.